The molecule has 3 N–H and O–H groups in total. The largest absolute Gasteiger partial charge is 0.409 e. The molecule has 1 saturated carbocycles. The number of halogens is 1. The Kier molecular flexibility index (Phi) is 4.95. The zero-order chi connectivity index (χ0) is 14.5. The van der Waals surface area contributed by atoms with Gasteiger partial charge in [-0.15, -0.1) is 0 Å². The molecule has 1 aliphatic rings. The summed E-state index contributed by atoms with van der Waals surface area (Å²) in [5, 5.41) is 11.7. The third-order valence-corrected chi connectivity index (χ3v) is 3.82. The molecule has 1 aliphatic carbocycles. The molecule has 20 heavy (non-hydrogen) atoms. The van der Waals surface area contributed by atoms with Crippen LogP contribution in [0.5, 0.6) is 0 Å². The molecule has 1 fully saturated rings. The number of ether oxygens (including phenoxy) is 1. The molecule has 0 saturated heterocycles. The van der Waals surface area contributed by atoms with E-state index < -0.39 is 5.82 Å². The van der Waals surface area contributed by atoms with Gasteiger partial charge in [-0.2, -0.15) is 0 Å². The Balaban J connectivity index is 2.05. The molecule has 0 radical (unpaired) electrons. The second-order valence-corrected chi connectivity index (χ2v) is 5.49. The van der Waals surface area contributed by atoms with Gasteiger partial charge < -0.3 is 15.7 Å². The first-order valence-electron chi connectivity index (χ1n) is 6.98. The maximum atomic E-state index is 13.3. The Morgan fingerprint density at radius 2 is 2.30 bits per heavy atom. The van der Waals surface area contributed by atoms with Crippen LogP contribution in [-0.2, 0) is 11.3 Å². The van der Waals surface area contributed by atoms with Crippen molar-refractivity contribution in [2.75, 3.05) is 0 Å². The molecule has 2 atom stereocenters. The summed E-state index contributed by atoms with van der Waals surface area (Å²) in [5.41, 5.74) is 6.69. The number of hydrogen-bond acceptors (Lipinski definition) is 3. The number of oxime groups is 1. The molecule has 2 rings (SSSR count). The van der Waals surface area contributed by atoms with E-state index in [0.717, 1.165) is 18.4 Å². The van der Waals surface area contributed by atoms with E-state index in [1.165, 1.54) is 25.0 Å². The van der Waals surface area contributed by atoms with Gasteiger partial charge in [0, 0.05) is 5.56 Å². The highest BCUT2D eigenvalue weighted by molar-refractivity contribution is 5.98. The first-order valence-corrected chi connectivity index (χ1v) is 6.98. The van der Waals surface area contributed by atoms with Gasteiger partial charge in [0.25, 0.3) is 0 Å². The van der Waals surface area contributed by atoms with Gasteiger partial charge in [-0.25, -0.2) is 4.39 Å². The van der Waals surface area contributed by atoms with Crippen molar-refractivity contribution in [3.8, 4) is 0 Å². The van der Waals surface area contributed by atoms with Crippen molar-refractivity contribution in [1.29, 1.82) is 0 Å². The van der Waals surface area contributed by atoms with Gasteiger partial charge in [0.2, 0.25) is 0 Å². The lowest BCUT2D eigenvalue weighted by molar-refractivity contribution is 0.00459. The molecule has 2 unspecified atom stereocenters. The van der Waals surface area contributed by atoms with Gasteiger partial charge in [0.05, 0.1) is 12.7 Å². The van der Waals surface area contributed by atoms with Crippen LogP contribution in [-0.4, -0.2) is 17.1 Å². The molecule has 0 amide bonds. The highest BCUT2D eigenvalue weighted by Gasteiger charge is 2.20. The highest BCUT2D eigenvalue weighted by Crippen LogP contribution is 2.26. The van der Waals surface area contributed by atoms with E-state index in [1.807, 2.05) is 0 Å². The van der Waals surface area contributed by atoms with Gasteiger partial charge in [-0.1, -0.05) is 31.0 Å². The minimum Gasteiger partial charge on any atom is -0.409 e. The average Bonchev–Trinajstić information content (AvgIpc) is 2.45. The number of amidine groups is 1. The molecule has 1 aromatic carbocycles. The van der Waals surface area contributed by atoms with E-state index in [2.05, 4.69) is 12.1 Å². The number of nitrogens with zero attached hydrogens (tertiary/aromatic N) is 1. The molecule has 0 bridgehead atoms. The Labute approximate surface area is 118 Å². The zero-order valence-corrected chi connectivity index (χ0v) is 11.7. The van der Waals surface area contributed by atoms with Crippen LogP contribution in [0, 0.1) is 11.7 Å². The molecule has 0 aromatic heterocycles. The maximum absolute atomic E-state index is 13.3. The molecule has 0 heterocycles. The fourth-order valence-electron chi connectivity index (χ4n) is 2.70. The van der Waals surface area contributed by atoms with Crippen molar-refractivity contribution in [3.05, 3.63) is 35.1 Å². The number of benzene rings is 1. The second kappa shape index (κ2) is 6.70. The summed E-state index contributed by atoms with van der Waals surface area (Å²) in [4.78, 5) is 0. The van der Waals surface area contributed by atoms with Crippen molar-refractivity contribution in [3.63, 3.8) is 0 Å². The monoisotopic (exact) mass is 280 g/mol. The molecule has 5 heteroatoms. The lowest BCUT2D eigenvalue weighted by Crippen LogP contribution is -2.22. The number of rotatable bonds is 4. The third-order valence-electron chi connectivity index (χ3n) is 3.82. The molecular weight excluding hydrogens is 259 g/mol. The van der Waals surface area contributed by atoms with Gasteiger partial charge >= 0.3 is 0 Å². The summed E-state index contributed by atoms with van der Waals surface area (Å²) in [6, 6.07) is 4.24. The van der Waals surface area contributed by atoms with E-state index in [9.17, 15) is 4.39 Å². The standard InChI is InChI=1S/C15H21FN2O2/c1-10-3-2-4-13(7-10)20-9-11-5-6-12(16)8-14(11)15(17)18-19/h5-6,8,10,13,19H,2-4,7,9H2,1H3,(H2,17,18). The predicted molar refractivity (Wildman–Crippen MR) is 75.1 cm³/mol. The average molecular weight is 280 g/mol. The van der Waals surface area contributed by atoms with Crippen molar-refractivity contribution >= 4 is 5.84 Å². The smallest absolute Gasteiger partial charge is 0.170 e. The van der Waals surface area contributed by atoms with Crippen LogP contribution in [0.15, 0.2) is 23.4 Å². The van der Waals surface area contributed by atoms with Gasteiger partial charge in [0.15, 0.2) is 5.84 Å². The molecule has 1 aromatic rings. The molecule has 110 valence electrons. The van der Waals surface area contributed by atoms with Gasteiger partial charge in [-0.05, 0) is 36.5 Å². The van der Waals surface area contributed by atoms with Crippen LogP contribution in [0.4, 0.5) is 4.39 Å². The van der Waals surface area contributed by atoms with Crippen LogP contribution in [0.1, 0.15) is 43.7 Å². The fourth-order valence-corrected chi connectivity index (χ4v) is 2.70. The number of nitrogens with two attached hydrogens (primary N) is 1. The second-order valence-electron chi connectivity index (χ2n) is 5.49. The quantitative estimate of drug-likeness (QED) is 0.385. The van der Waals surface area contributed by atoms with Crippen LogP contribution < -0.4 is 5.73 Å². The Bertz CT molecular complexity index is 491. The Morgan fingerprint density at radius 3 is 3.00 bits per heavy atom. The topological polar surface area (TPSA) is 67.8 Å². The maximum Gasteiger partial charge on any atom is 0.170 e. The van der Waals surface area contributed by atoms with E-state index >= 15 is 0 Å². The summed E-state index contributed by atoms with van der Waals surface area (Å²) in [6.45, 7) is 2.58. The van der Waals surface area contributed by atoms with Crippen LogP contribution in [0.2, 0.25) is 0 Å². The molecular formula is C15H21FN2O2. The lowest BCUT2D eigenvalue weighted by Gasteiger charge is -2.27. The first-order chi connectivity index (χ1) is 9.60. The lowest BCUT2D eigenvalue weighted by atomic mass is 9.89. The van der Waals surface area contributed by atoms with Crippen LogP contribution in [0.3, 0.4) is 0 Å². The van der Waals surface area contributed by atoms with E-state index in [0.29, 0.717) is 18.1 Å². The SMILES string of the molecule is CC1CCCC(OCc2ccc(F)cc2C(N)=NO)C1. The Morgan fingerprint density at radius 1 is 1.50 bits per heavy atom. The summed E-state index contributed by atoms with van der Waals surface area (Å²) < 4.78 is 19.2. The Hall–Kier alpha value is -1.62. The van der Waals surface area contributed by atoms with Crippen molar-refractivity contribution in [2.24, 2.45) is 16.8 Å². The fraction of sp³-hybridized carbons (Fsp3) is 0.533. The summed E-state index contributed by atoms with van der Waals surface area (Å²) in [7, 11) is 0. The van der Waals surface area contributed by atoms with Crippen molar-refractivity contribution in [2.45, 2.75) is 45.3 Å². The normalized spacial score (nSPS) is 23.8. The van der Waals surface area contributed by atoms with E-state index in [-0.39, 0.29) is 11.9 Å². The van der Waals surface area contributed by atoms with Crippen molar-refractivity contribution < 1.29 is 14.3 Å². The van der Waals surface area contributed by atoms with E-state index in [1.54, 1.807) is 6.07 Å². The molecule has 4 nitrogen and oxygen atoms in total. The summed E-state index contributed by atoms with van der Waals surface area (Å²) in [5.74, 6) is 0.173. The van der Waals surface area contributed by atoms with Crippen LogP contribution in [0.25, 0.3) is 0 Å². The first kappa shape index (κ1) is 14.8. The van der Waals surface area contributed by atoms with Crippen molar-refractivity contribution in [1.82, 2.24) is 0 Å². The van der Waals surface area contributed by atoms with Gasteiger partial charge in [-0.3, -0.25) is 0 Å². The predicted octanol–water partition coefficient (Wildman–Crippen LogP) is 3.02. The minimum absolute atomic E-state index is 0.0971. The number of hydrogen-bond donors (Lipinski definition) is 2. The highest BCUT2D eigenvalue weighted by atomic mass is 19.1. The van der Waals surface area contributed by atoms with Crippen LogP contribution >= 0.6 is 0 Å². The minimum atomic E-state index is -0.415. The molecule has 0 spiro atoms. The van der Waals surface area contributed by atoms with E-state index in [4.69, 9.17) is 15.7 Å². The molecule has 0 aliphatic heterocycles. The zero-order valence-electron chi connectivity index (χ0n) is 11.7. The summed E-state index contributed by atoms with van der Waals surface area (Å²) in [6.07, 6.45) is 4.79. The third kappa shape index (κ3) is 3.70. The van der Waals surface area contributed by atoms with Gasteiger partial charge in [0.1, 0.15) is 5.82 Å². The summed E-state index contributed by atoms with van der Waals surface area (Å²) >= 11 is 0.